The summed E-state index contributed by atoms with van der Waals surface area (Å²) in [5.74, 6) is -1.21. The van der Waals surface area contributed by atoms with Gasteiger partial charge in [-0.1, -0.05) is 48.5 Å². The Bertz CT molecular complexity index is 1220. The lowest BCUT2D eigenvalue weighted by atomic mass is 9.90. The number of esters is 1. The Labute approximate surface area is 205 Å². The van der Waals surface area contributed by atoms with Gasteiger partial charge in [-0.3, -0.25) is 9.79 Å². The van der Waals surface area contributed by atoms with Gasteiger partial charge in [0, 0.05) is 25.3 Å². The van der Waals surface area contributed by atoms with E-state index in [0.717, 1.165) is 36.4 Å². The van der Waals surface area contributed by atoms with Gasteiger partial charge in [-0.25, -0.2) is 4.79 Å². The summed E-state index contributed by atoms with van der Waals surface area (Å²) < 4.78 is 4.81. The average molecular weight is 471 g/mol. The summed E-state index contributed by atoms with van der Waals surface area (Å²) in [6.07, 6.45) is 0. The molecule has 2 N–H and O–H groups in total. The zero-order valence-corrected chi connectivity index (χ0v) is 20.2. The fraction of sp³-hybridized carbons (Fsp3) is 0.250. The van der Waals surface area contributed by atoms with Crippen molar-refractivity contribution in [2.45, 2.75) is 12.5 Å². The maximum atomic E-state index is 13.1. The molecule has 7 nitrogen and oxygen atoms in total. The number of hydrogen-bond acceptors (Lipinski definition) is 6. The van der Waals surface area contributed by atoms with Crippen molar-refractivity contribution in [3.8, 4) is 0 Å². The number of aliphatic imine (C=N–C) groups is 1. The molecule has 1 atom stereocenters. The summed E-state index contributed by atoms with van der Waals surface area (Å²) in [7, 11) is 5.45. The van der Waals surface area contributed by atoms with Crippen LogP contribution in [0.2, 0.25) is 0 Å². The van der Waals surface area contributed by atoms with Crippen LogP contribution in [0.3, 0.4) is 0 Å². The number of ether oxygens (including phenoxy) is 1. The number of fused-ring (bicyclic) bond motifs is 1. The molecular formula is C28H30N4O3. The van der Waals surface area contributed by atoms with E-state index in [1.807, 2.05) is 42.5 Å². The lowest BCUT2D eigenvalue weighted by molar-refractivity contribution is -0.115. The SMILES string of the molecule is COC(=O)c1ccc2c(c1)NC(=O)C2C(=Nc1ccc(CNCCN(C)C)cc1)c1ccccc1. The van der Waals surface area contributed by atoms with Crippen molar-refractivity contribution in [3.63, 3.8) is 0 Å². The third-order valence-electron chi connectivity index (χ3n) is 5.90. The van der Waals surface area contributed by atoms with Crippen molar-refractivity contribution < 1.29 is 14.3 Å². The second-order valence-corrected chi connectivity index (χ2v) is 8.73. The van der Waals surface area contributed by atoms with Crippen LogP contribution in [0.5, 0.6) is 0 Å². The summed E-state index contributed by atoms with van der Waals surface area (Å²) in [5, 5.41) is 6.34. The van der Waals surface area contributed by atoms with E-state index in [-0.39, 0.29) is 5.91 Å². The van der Waals surface area contributed by atoms with Crippen LogP contribution in [0.25, 0.3) is 0 Å². The topological polar surface area (TPSA) is 83.0 Å². The number of likely N-dealkylation sites (N-methyl/N-ethyl adjacent to an activating group) is 1. The Morgan fingerprint density at radius 3 is 2.46 bits per heavy atom. The molecule has 4 rings (SSSR count). The summed E-state index contributed by atoms with van der Waals surface area (Å²) in [6.45, 7) is 2.68. The fourth-order valence-electron chi connectivity index (χ4n) is 4.05. The number of nitrogens with one attached hydrogen (secondary N) is 2. The highest BCUT2D eigenvalue weighted by Crippen LogP contribution is 2.37. The van der Waals surface area contributed by atoms with Crippen molar-refractivity contribution >= 4 is 29.0 Å². The third-order valence-corrected chi connectivity index (χ3v) is 5.90. The molecule has 0 saturated heterocycles. The molecule has 0 fully saturated rings. The molecule has 0 spiro atoms. The molecule has 1 amide bonds. The minimum absolute atomic E-state index is 0.175. The summed E-state index contributed by atoms with van der Waals surface area (Å²) in [4.78, 5) is 32.1. The smallest absolute Gasteiger partial charge is 0.337 e. The zero-order valence-electron chi connectivity index (χ0n) is 20.2. The van der Waals surface area contributed by atoms with Gasteiger partial charge in [0.05, 0.1) is 24.1 Å². The van der Waals surface area contributed by atoms with Gasteiger partial charge in [0.1, 0.15) is 5.92 Å². The van der Waals surface area contributed by atoms with Gasteiger partial charge in [0.25, 0.3) is 0 Å². The predicted octanol–water partition coefficient (Wildman–Crippen LogP) is 3.98. The second kappa shape index (κ2) is 11.1. The number of amides is 1. The van der Waals surface area contributed by atoms with Gasteiger partial charge in [-0.05, 0) is 55.1 Å². The highest BCUT2D eigenvalue weighted by Gasteiger charge is 2.35. The molecule has 1 heterocycles. The third kappa shape index (κ3) is 5.82. The first-order chi connectivity index (χ1) is 17.0. The van der Waals surface area contributed by atoms with Gasteiger partial charge in [-0.15, -0.1) is 0 Å². The quantitative estimate of drug-likeness (QED) is 0.281. The number of rotatable bonds is 9. The molecule has 0 saturated carbocycles. The van der Waals surface area contributed by atoms with Crippen LogP contribution in [0.1, 0.15) is 33.0 Å². The van der Waals surface area contributed by atoms with Crippen molar-refractivity contribution in [1.82, 2.24) is 10.2 Å². The van der Waals surface area contributed by atoms with Gasteiger partial charge in [0.2, 0.25) is 5.91 Å². The Morgan fingerprint density at radius 2 is 1.77 bits per heavy atom. The van der Waals surface area contributed by atoms with E-state index in [4.69, 9.17) is 9.73 Å². The molecule has 3 aromatic rings. The van der Waals surface area contributed by atoms with E-state index < -0.39 is 11.9 Å². The highest BCUT2D eigenvalue weighted by molar-refractivity contribution is 6.24. The van der Waals surface area contributed by atoms with E-state index in [0.29, 0.717) is 17.0 Å². The molecule has 3 aromatic carbocycles. The molecular weight excluding hydrogens is 440 g/mol. The maximum Gasteiger partial charge on any atom is 0.337 e. The number of methoxy groups -OCH3 is 1. The minimum Gasteiger partial charge on any atom is -0.465 e. The molecule has 180 valence electrons. The van der Waals surface area contributed by atoms with E-state index in [9.17, 15) is 9.59 Å². The molecule has 0 radical (unpaired) electrons. The summed E-state index contributed by atoms with van der Waals surface area (Å²) >= 11 is 0. The fourth-order valence-corrected chi connectivity index (χ4v) is 4.05. The Kier molecular flexibility index (Phi) is 7.70. The van der Waals surface area contributed by atoms with Crippen LogP contribution in [0.15, 0.2) is 77.8 Å². The van der Waals surface area contributed by atoms with Crippen molar-refractivity contribution in [1.29, 1.82) is 0 Å². The number of carbonyl (C=O) groups excluding carboxylic acids is 2. The van der Waals surface area contributed by atoms with Gasteiger partial charge in [-0.2, -0.15) is 0 Å². The number of carbonyl (C=O) groups is 2. The molecule has 1 aliphatic rings. The summed E-state index contributed by atoms with van der Waals surface area (Å²) in [5.41, 5.74) is 5.24. The molecule has 0 aromatic heterocycles. The van der Waals surface area contributed by atoms with Crippen molar-refractivity contribution in [2.24, 2.45) is 4.99 Å². The van der Waals surface area contributed by atoms with Crippen LogP contribution >= 0.6 is 0 Å². The first-order valence-electron chi connectivity index (χ1n) is 11.6. The maximum absolute atomic E-state index is 13.1. The highest BCUT2D eigenvalue weighted by atomic mass is 16.5. The molecule has 0 aliphatic carbocycles. The molecule has 1 aliphatic heterocycles. The van der Waals surface area contributed by atoms with Crippen LogP contribution in [-0.4, -0.2) is 56.8 Å². The molecule has 7 heteroatoms. The van der Waals surface area contributed by atoms with Crippen molar-refractivity contribution in [2.75, 3.05) is 39.6 Å². The molecule has 1 unspecified atom stereocenters. The van der Waals surface area contributed by atoms with Crippen LogP contribution in [0, 0.1) is 0 Å². The minimum atomic E-state index is -0.591. The van der Waals surface area contributed by atoms with Gasteiger partial charge >= 0.3 is 5.97 Å². The summed E-state index contributed by atoms with van der Waals surface area (Å²) in [6, 6.07) is 22.9. The number of nitrogens with zero attached hydrogens (tertiary/aromatic N) is 2. The first-order valence-corrected chi connectivity index (χ1v) is 11.6. The van der Waals surface area contributed by atoms with Crippen LogP contribution in [0.4, 0.5) is 11.4 Å². The van der Waals surface area contributed by atoms with Gasteiger partial charge < -0.3 is 20.3 Å². The normalized spacial score (nSPS) is 15.1. The van der Waals surface area contributed by atoms with Crippen LogP contribution in [-0.2, 0) is 16.1 Å². The first kappa shape index (κ1) is 24.3. The van der Waals surface area contributed by atoms with E-state index in [1.54, 1.807) is 18.2 Å². The number of hydrogen-bond donors (Lipinski definition) is 2. The van der Waals surface area contributed by atoms with E-state index >= 15 is 0 Å². The average Bonchev–Trinajstić information content (AvgIpc) is 3.20. The van der Waals surface area contributed by atoms with Crippen LogP contribution < -0.4 is 10.6 Å². The lowest BCUT2D eigenvalue weighted by Gasteiger charge is -2.14. The standard InChI is InChI=1S/C28H30N4O3/c1-32(2)16-15-29-18-19-9-12-22(13-10-19)30-26(20-7-5-4-6-8-20)25-23-14-11-21(28(34)35-3)17-24(23)31-27(25)33/h4-14,17,25,29H,15-16,18H2,1-3H3,(H,31,33). The number of anilines is 1. The lowest BCUT2D eigenvalue weighted by Crippen LogP contribution is -2.26. The Balaban J connectivity index is 1.63. The monoisotopic (exact) mass is 470 g/mol. The van der Waals surface area contributed by atoms with Crippen molar-refractivity contribution in [3.05, 3.63) is 95.1 Å². The van der Waals surface area contributed by atoms with E-state index in [1.165, 1.54) is 12.7 Å². The molecule has 35 heavy (non-hydrogen) atoms. The predicted molar refractivity (Wildman–Crippen MR) is 138 cm³/mol. The number of benzene rings is 3. The van der Waals surface area contributed by atoms with E-state index in [2.05, 4.69) is 41.8 Å². The second-order valence-electron chi connectivity index (χ2n) is 8.73. The zero-order chi connectivity index (χ0) is 24.8. The Hall–Kier alpha value is -3.81. The largest absolute Gasteiger partial charge is 0.465 e. The Morgan fingerprint density at radius 1 is 1.03 bits per heavy atom. The molecule has 0 bridgehead atoms. The van der Waals surface area contributed by atoms with Gasteiger partial charge in [0.15, 0.2) is 0 Å².